The van der Waals surface area contributed by atoms with Gasteiger partial charge in [0.2, 0.25) is 0 Å². The lowest BCUT2D eigenvalue weighted by Crippen LogP contribution is -2.36. The third-order valence-electron chi connectivity index (χ3n) is 4.28. The Kier molecular flexibility index (Phi) is 8.69. The highest BCUT2D eigenvalue weighted by Crippen LogP contribution is 2.24. The van der Waals surface area contributed by atoms with Crippen molar-refractivity contribution in [3.8, 4) is 0 Å². The van der Waals surface area contributed by atoms with E-state index < -0.39 is 8.80 Å². The SMILES string of the molecule is CC=CC(CN1CCCCC1)[SiH](CCC)CCC. The summed E-state index contributed by atoms with van der Waals surface area (Å²) in [6.45, 7) is 11.0. The van der Waals surface area contributed by atoms with Crippen LogP contribution >= 0.6 is 0 Å². The summed E-state index contributed by atoms with van der Waals surface area (Å²) in [5.41, 5.74) is 0.924. The number of allylic oxidation sites excluding steroid dienone is 1. The van der Waals surface area contributed by atoms with Crippen LogP contribution in [0, 0.1) is 0 Å². The van der Waals surface area contributed by atoms with E-state index in [9.17, 15) is 0 Å². The minimum Gasteiger partial charge on any atom is -0.303 e. The van der Waals surface area contributed by atoms with E-state index >= 15 is 0 Å². The molecule has 0 radical (unpaired) electrons. The van der Waals surface area contributed by atoms with Gasteiger partial charge in [0.05, 0.1) is 0 Å². The molecule has 0 amide bonds. The van der Waals surface area contributed by atoms with Gasteiger partial charge in [-0.25, -0.2) is 0 Å². The molecular formula is C16H33NSi. The molecule has 1 heterocycles. The molecule has 1 saturated heterocycles. The first-order chi connectivity index (χ1) is 8.81. The second-order valence-electron chi connectivity index (χ2n) is 5.89. The maximum absolute atomic E-state index is 2.74. The van der Waals surface area contributed by atoms with Crippen LogP contribution in [0.25, 0.3) is 0 Å². The molecule has 106 valence electrons. The van der Waals surface area contributed by atoms with Gasteiger partial charge >= 0.3 is 0 Å². The predicted molar refractivity (Wildman–Crippen MR) is 86.2 cm³/mol. The van der Waals surface area contributed by atoms with Crippen LogP contribution in [0.5, 0.6) is 0 Å². The average molecular weight is 268 g/mol. The zero-order valence-corrected chi connectivity index (χ0v) is 14.0. The van der Waals surface area contributed by atoms with Gasteiger partial charge in [0.25, 0.3) is 0 Å². The molecule has 2 heteroatoms. The van der Waals surface area contributed by atoms with E-state index in [1.54, 1.807) is 0 Å². The van der Waals surface area contributed by atoms with Gasteiger partial charge in [0.15, 0.2) is 0 Å². The number of rotatable bonds is 8. The molecule has 1 aliphatic rings. The molecule has 0 saturated carbocycles. The molecule has 1 nitrogen and oxygen atoms in total. The van der Waals surface area contributed by atoms with Crippen LogP contribution in [-0.2, 0) is 0 Å². The van der Waals surface area contributed by atoms with Crippen LogP contribution in [0.1, 0.15) is 52.9 Å². The van der Waals surface area contributed by atoms with Gasteiger partial charge in [0.1, 0.15) is 0 Å². The first kappa shape index (κ1) is 16.0. The number of piperidine rings is 1. The lowest BCUT2D eigenvalue weighted by Gasteiger charge is -2.32. The molecule has 0 N–H and O–H groups in total. The van der Waals surface area contributed by atoms with Crippen molar-refractivity contribution in [1.29, 1.82) is 0 Å². The summed E-state index contributed by atoms with van der Waals surface area (Å²) < 4.78 is 0. The van der Waals surface area contributed by atoms with Gasteiger partial charge in [-0.15, -0.1) is 0 Å². The molecule has 0 bridgehead atoms. The van der Waals surface area contributed by atoms with Crippen molar-refractivity contribution in [2.24, 2.45) is 0 Å². The molecule has 1 rings (SSSR count). The van der Waals surface area contributed by atoms with Crippen molar-refractivity contribution in [1.82, 2.24) is 4.90 Å². The molecule has 0 aromatic rings. The lowest BCUT2D eigenvalue weighted by atomic mass is 10.1. The number of hydrogen-bond acceptors (Lipinski definition) is 1. The molecule has 1 atom stereocenters. The van der Waals surface area contributed by atoms with E-state index in [0.29, 0.717) is 0 Å². The van der Waals surface area contributed by atoms with Crippen LogP contribution in [0.15, 0.2) is 12.2 Å². The highest BCUT2D eigenvalue weighted by molar-refractivity contribution is 6.61. The summed E-state index contributed by atoms with van der Waals surface area (Å²) in [4.78, 5) is 2.74. The van der Waals surface area contributed by atoms with Crippen molar-refractivity contribution in [2.75, 3.05) is 19.6 Å². The number of hydrogen-bond donors (Lipinski definition) is 0. The van der Waals surface area contributed by atoms with Crippen LogP contribution in [0.4, 0.5) is 0 Å². The summed E-state index contributed by atoms with van der Waals surface area (Å²) in [7, 11) is -0.566. The Morgan fingerprint density at radius 3 is 2.17 bits per heavy atom. The molecule has 1 fully saturated rings. The fourth-order valence-corrected chi connectivity index (χ4v) is 7.13. The second-order valence-corrected chi connectivity index (χ2v) is 9.42. The van der Waals surface area contributed by atoms with Gasteiger partial charge in [-0.05, 0) is 38.4 Å². The summed E-state index contributed by atoms with van der Waals surface area (Å²) in [6.07, 6.45) is 11.9. The fraction of sp³-hybridized carbons (Fsp3) is 0.875. The molecule has 0 aliphatic carbocycles. The van der Waals surface area contributed by atoms with E-state index in [2.05, 4.69) is 37.8 Å². The Bertz CT molecular complexity index is 215. The van der Waals surface area contributed by atoms with Crippen LogP contribution < -0.4 is 0 Å². The minimum atomic E-state index is -0.566. The van der Waals surface area contributed by atoms with Crippen molar-refractivity contribution in [3.05, 3.63) is 12.2 Å². The fourth-order valence-electron chi connectivity index (χ4n) is 3.37. The van der Waals surface area contributed by atoms with Gasteiger partial charge in [-0.2, -0.15) is 0 Å². The molecular weight excluding hydrogens is 234 g/mol. The Morgan fingerprint density at radius 1 is 1.06 bits per heavy atom. The molecule has 0 spiro atoms. The Balaban J connectivity index is 2.54. The maximum atomic E-state index is 2.74. The smallest absolute Gasteiger partial charge is 0.0457 e. The quantitative estimate of drug-likeness (QED) is 0.463. The average Bonchev–Trinajstić information content (AvgIpc) is 2.39. The topological polar surface area (TPSA) is 3.24 Å². The minimum absolute atomic E-state index is 0.566. The largest absolute Gasteiger partial charge is 0.303 e. The van der Waals surface area contributed by atoms with Crippen LogP contribution in [0.3, 0.4) is 0 Å². The monoisotopic (exact) mass is 267 g/mol. The third kappa shape index (κ3) is 5.70. The standard InChI is InChI=1S/C16H33NSi/c1-4-10-16(18(13-5-2)14-6-3)15-17-11-8-7-9-12-17/h4,10,16,18H,5-9,11-15H2,1-3H3. The highest BCUT2D eigenvalue weighted by Gasteiger charge is 2.22. The lowest BCUT2D eigenvalue weighted by molar-refractivity contribution is 0.232. The molecule has 18 heavy (non-hydrogen) atoms. The normalized spacial score (nSPS) is 19.8. The predicted octanol–water partition coefficient (Wildman–Crippen LogP) is 4.47. The van der Waals surface area contributed by atoms with Crippen molar-refractivity contribution >= 4 is 8.80 Å². The molecule has 1 aliphatic heterocycles. The van der Waals surface area contributed by atoms with Gasteiger partial charge < -0.3 is 4.90 Å². The summed E-state index contributed by atoms with van der Waals surface area (Å²) in [5, 5.41) is 0. The molecule has 0 aromatic heterocycles. The summed E-state index contributed by atoms with van der Waals surface area (Å²) in [6, 6.07) is 3.08. The van der Waals surface area contributed by atoms with Gasteiger partial charge in [-0.1, -0.05) is 57.4 Å². The third-order valence-corrected chi connectivity index (χ3v) is 8.56. The summed E-state index contributed by atoms with van der Waals surface area (Å²) >= 11 is 0. The van der Waals surface area contributed by atoms with E-state index in [0.717, 1.165) is 5.54 Å². The van der Waals surface area contributed by atoms with Gasteiger partial charge in [0, 0.05) is 15.3 Å². The van der Waals surface area contributed by atoms with E-state index in [1.807, 2.05) is 0 Å². The molecule has 1 unspecified atom stereocenters. The van der Waals surface area contributed by atoms with E-state index in [-0.39, 0.29) is 0 Å². The van der Waals surface area contributed by atoms with Crippen LogP contribution in [-0.4, -0.2) is 33.3 Å². The molecule has 0 aromatic carbocycles. The van der Waals surface area contributed by atoms with Crippen molar-refractivity contribution in [3.63, 3.8) is 0 Å². The first-order valence-electron chi connectivity index (χ1n) is 8.16. The van der Waals surface area contributed by atoms with Gasteiger partial charge in [-0.3, -0.25) is 0 Å². The Labute approximate surface area is 116 Å². The van der Waals surface area contributed by atoms with E-state index in [1.165, 1.54) is 63.8 Å². The van der Waals surface area contributed by atoms with Crippen molar-refractivity contribution in [2.45, 2.75) is 70.5 Å². The second kappa shape index (κ2) is 9.80. The Hall–Kier alpha value is -0.0831. The zero-order chi connectivity index (χ0) is 13.2. The highest BCUT2D eigenvalue weighted by atomic mass is 28.3. The Morgan fingerprint density at radius 2 is 1.67 bits per heavy atom. The van der Waals surface area contributed by atoms with Crippen LogP contribution in [0.2, 0.25) is 17.6 Å². The zero-order valence-electron chi connectivity index (χ0n) is 12.8. The van der Waals surface area contributed by atoms with E-state index in [4.69, 9.17) is 0 Å². The number of nitrogens with zero attached hydrogens (tertiary/aromatic N) is 1. The maximum Gasteiger partial charge on any atom is 0.0457 e. The summed E-state index contributed by atoms with van der Waals surface area (Å²) in [5.74, 6) is 0. The first-order valence-corrected chi connectivity index (χ1v) is 10.5. The van der Waals surface area contributed by atoms with Crippen molar-refractivity contribution < 1.29 is 0 Å². The number of likely N-dealkylation sites (tertiary alicyclic amines) is 1.